The molecule has 2 aromatic rings. The zero-order valence-corrected chi connectivity index (χ0v) is 11.1. The van der Waals surface area contributed by atoms with Crippen LogP contribution in [0.3, 0.4) is 0 Å². The van der Waals surface area contributed by atoms with E-state index in [1.54, 1.807) is 12.3 Å². The number of nitrogens with zero attached hydrogens (tertiary/aromatic N) is 1. The van der Waals surface area contributed by atoms with Crippen molar-refractivity contribution in [2.24, 2.45) is 5.84 Å². The Labute approximate surface area is 118 Å². The maximum atomic E-state index is 13.6. The van der Waals surface area contributed by atoms with E-state index in [1.165, 1.54) is 12.3 Å². The second kappa shape index (κ2) is 5.79. The van der Waals surface area contributed by atoms with E-state index >= 15 is 0 Å². The minimum absolute atomic E-state index is 0.287. The lowest BCUT2D eigenvalue weighted by Crippen LogP contribution is -2.29. The maximum Gasteiger partial charge on any atom is 0.419 e. The lowest BCUT2D eigenvalue weighted by Gasteiger charge is -2.18. The van der Waals surface area contributed by atoms with Crippen molar-refractivity contribution in [2.45, 2.75) is 19.1 Å². The van der Waals surface area contributed by atoms with E-state index in [4.69, 9.17) is 5.84 Å². The van der Waals surface area contributed by atoms with E-state index in [2.05, 4.69) is 10.4 Å². The highest BCUT2D eigenvalue weighted by Crippen LogP contribution is 2.33. The van der Waals surface area contributed by atoms with E-state index in [9.17, 15) is 17.6 Å². The van der Waals surface area contributed by atoms with E-state index < -0.39 is 23.6 Å². The van der Waals surface area contributed by atoms with Crippen LogP contribution < -0.4 is 11.3 Å². The first-order valence-electron chi connectivity index (χ1n) is 6.07. The highest BCUT2D eigenvalue weighted by Gasteiger charge is 2.34. The minimum atomic E-state index is -4.72. The van der Waals surface area contributed by atoms with Crippen molar-refractivity contribution in [3.8, 4) is 0 Å². The predicted molar refractivity (Wildman–Crippen MR) is 69.5 cm³/mol. The Hall–Kier alpha value is -1.99. The molecule has 0 aliphatic heterocycles. The van der Waals surface area contributed by atoms with Gasteiger partial charge >= 0.3 is 6.18 Å². The van der Waals surface area contributed by atoms with Gasteiger partial charge in [0.2, 0.25) is 0 Å². The van der Waals surface area contributed by atoms with E-state index in [0.717, 1.165) is 11.6 Å². The third-order valence-corrected chi connectivity index (χ3v) is 3.03. The SMILES string of the molecule is Cc1cncc(C(NN)c2ccc(C(F)(F)F)c(F)c2)c1. The fourth-order valence-electron chi connectivity index (χ4n) is 2.06. The molecule has 21 heavy (non-hydrogen) atoms. The largest absolute Gasteiger partial charge is 0.419 e. The number of halogens is 4. The van der Waals surface area contributed by atoms with Gasteiger partial charge in [-0.25, -0.2) is 9.82 Å². The number of aryl methyl sites for hydroxylation is 1. The molecule has 2 rings (SSSR count). The maximum absolute atomic E-state index is 13.6. The number of hydrogen-bond donors (Lipinski definition) is 2. The molecule has 1 unspecified atom stereocenters. The number of alkyl halides is 3. The molecular weight excluding hydrogens is 286 g/mol. The van der Waals surface area contributed by atoms with Gasteiger partial charge in [0.15, 0.2) is 0 Å². The Balaban J connectivity index is 2.42. The molecule has 0 fully saturated rings. The summed E-state index contributed by atoms with van der Waals surface area (Å²) >= 11 is 0. The molecule has 3 nitrogen and oxygen atoms in total. The van der Waals surface area contributed by atoms with E-state index in [1.807, 2.05) is 6.92 Å². The van der Waals surface area contributed by atoms with Gasteiger partial charge in [0, 0.05) is 12.4 Å². The van der Waals surface area contributed by atoms with Crippen LogP contribution in [0.4, 0.5) is 17.6 Å². The van der Waals surface area contributed by atoms with Gasteiger partial charge in [0.1, 0.15) is 5.82 Å². The van der Waals surface area contributed by atoms with Crippen LogP contribution in [0.2, 0.25) is 0 Å². The van der Waals surface area contributed by atoms with Crippen molar-refractivity contribution >= 4 is 0 Å². The molecule has 0 amide bonds. The molecule has 1 aromatic heterocycles. The van der Waals surface area contributed by atoms with Crippen LogP contribution >= 0.6 is 0 Å². The Morgan fingerprint density at radius 3 is 2.38 bits per heavy atom. The molecule has 1 heterocycles. The predicted octanol–water partition coefficient (Wildman–Crippen LogP) is 3.10. The third-order valence-electron chi connectivity index (χ3n) is 3.03. The van der Waals surface area contributed by atoms with E-state index in [0.29, 0.717) is 11.6 Å². The molecule has 112 valence electrons. The Morgan fingerprint density at radius 2 is 1.86 bits per heavy atom. The number of hydrogen-bond acceptors (Lipinski definition) is 3. The lowest BCUT2D eigenvalue weighted by atomic mass is 9.98. The van der Waals surface area contributed by atoms with Gasteiger partial charge in [0.25, 0.3) is 0 Å². The molecule has 7 heteroatoms. The average molecular weight is 299 g/mol. The summed E-state index contributed by atoms with van der Waals surface area (Å²) in [6.45, 7) is 1.82. The van der Waals surface area contributed by atoms with Gasteiger partial charge in [-0.05, 0) is 35.7 Å². The summed E-state index contributed by atoms with van der Waals surface area (Å²) < 4.78 is 51.3. The summed E-state index contributed by atoms with van der Waals surface area (Å²) in [7, 11) is 0. The first kappa shape index (κ1) is 15.4. The Bertz CT molecular complexity index is 640. The molecule has 0 bridgehead atoms. The van der Waals surface area contributed by atoms with Crippen molar-refractivity contribution in [2.75, 3.05) is 0 Å². The van der Waals surface area contributed by atoms with Crippen LogP contribution in [-0.2, 0) is 6.18 Å². The molecule has 0 spiro atoms. The van der Waals surface area contributed by atoms with Gasteiger partial charge in [-0.2, -0.15) is 13.2 Å². The molecule has 0 saturated carbocycles. The summed E-state index contributed by atoms with van der Waals surface area (Å²) in [5, 5.41) is 0. The minimum Gasteiger partial charge on any atom is -0.271 e. The van der Waals surface area contributed by atoms with Crippen LogP contribution in [-0.4, -0.2) is 4.98 Å². The molecule has 1 atom stereocenters. The van der Waals surface area contributed by atoms with Crippen molar-refractivity contribution in [1.82, 2.24) is 10.4 Å². The number of pyridine rings is 1. The number of benzene rings is 1. The lowest BCUT2D eigenvalue weighted by molar-refractivity contribution is -0.140. The van der Waals surface area contributed by atoms with Crippen LogP contribution in [0.1, 0.15) is 28.3 Å². The first-order valence-corrected chi connectivity index (χ1v) is 6.07. The van der Waals surface area contributed by atoms with E-state index in [-0.39, 0.29) is 5.56 Å². The zero-order chi connectivity index (χ0) is 15.6. The summed E-state index contributed by atoms with van der Waals surface area (Å²) in [5.74, 6) is 4.11. The molecule has 0 saturated heterocycles. The number of nitrogens with one attached hydrogen (secondary N) is 1. The van der Waals surface area contributed by atoms with Crippen LogP contribution in [0.25, 0.3) is 0 Å². The Kier molecular flexibility index (Phi) is 4.24. The zero-order valence-electron chi connectivity index (χ0n) is 11.1. The van der Waals surface area contributed by atoms with Crippen molar-refractivity contribution in [1.29, 1.82) is 0 Å². The highest BCUT2D eigenvalue weighted by atomic mass is 19.4. The smallest absolute Gasteiger partial charge is 0.271 e. The van der Waals surface area contributed by atoms with Crippen molar-refractivity contribution in [3.05, 3.63) is 64.7 Å². The second-order valence-electron chi connectivity index (χ2n) is 4.63. The fraction of sp³-hybridized carbons (Fsp3) is 0.214. The molecule has 0 aliphatic carbocycles. The van der Waals surface area contributed by atoms with Crippen LogP contribution in [0.5, 0.6) is 0 Å². The molecule has 1 aromatic carbocycles. The summed E-state index contributed by atoms with van der Waals surface area (Å²) in [6, 6.07) is 3.86. The number of aromatic nitrogens is 1. The van der Waals surface area contributed by atoms with Crippen LogP contribution in [0, 0.1) is 12.7 Å². The number of rotatable bonds is 3. The topological polar surface area (TPSA) is 50.9 Å². The van der Waals surface area contributed by atoms with Gasteiger partial charge in [-0.3, -0.25) is 10.8 Å². The molecular formula is C14H13F4N3. The van der Waals surface area contributed by atoms with Gasteiger partial charge in [-0.15, -0.1) is 0 Å². The highest BCUT2D eigenvalue weighted by molar-refractivity contribution is 5.35. The number of hydrazine groups is 1. The summed E-state index contributed by atoms with van der Waals surface area (Å²) in [5.41, 5.74) is 2.94. The monoisotopic (exact) mass is 299 g/mol. The van der Waals surface area contributed by atoms with Gasteiger partial charge in [-0.1, -0.05) is 12.1 Å². The van der Waals surface area contributed by atoms with Crippen LogP contribution in [0.15, 0.2) is 36.7 Å². The Morgan fingerprint density at radius 1 is 1.14 bits per heavy atom. The standard InChI is InChI=1S/C14H13F4N3/c1-8-4-10(7-20-6-8)13(21-19)9-2-3-11(12(15)5-9)14(16,17)18/h2-7,13,21H,19H2,1H3. The number of nitrogens with two attached hydrogens (primary N) is 1. The summed E-state index contributed by atoms with van der Waals surface area (Å²) in [4.78, 5) is 3.99. The van der Waals surface area contributed by atoms with Gasteiger partial charge < -0.3 is 0 Å². The first-order chi connectivity index (χ1) is 9.82. The van der Waals surface area contributed by atoms with Gasteiger partial charge in [0.05, 0.1) is 11.6 Å². The third kappa shape index (κ3) is 3.37. The molecule has 3 N–H and O–H groups in total. The molecule has 0 radical (unpaired) electrons. The summed E-state index contributed by atoms with van der Waals surface area (Å²) in [6.07, 6.45) is -1.57. The average Bonchev–Trinajstić information content (AvgIpc) is 2.38. The second-order valence-corrected chi connectivity index (χ2v) is 4.63. The normalized spacial score (nSPS) is 13.2. The fourth-order valence-corrected chi connectivity index (χ4v) is 2.06. The van der Waals surface area contributed by atoms with Crippen molar-refractivity contribution in [3.63, 3.8) is 0 Å². The quantitative estimate of drug-likeness (QED) is 0.520. The molecule has 0 aliphatic rings. The van der Waals surface area contributed by atoms with Crippen molar-refractivity contribution < 1.29 is 17.6 Å².